The molecule has 0 bridgehead atoms. The van der Waals surface area contributed by atoms with Crippen molar-refractivity contribution in [2.24, 2.45) is 0 Å². The Morgan fingerprint density at radius 1 is 1.40 bits per heavy atom. The number of hydrogen-bond donors (Lipinski definition) is 1. The summed E-state index contributed by atoms with van der Waals surface area (Å²) in [6.07, 6.45) is 3.85. The van der Waals surface area contributed by atoms with Crippen LogP contribution in [0.1, 0.15) is 48.7 Å². The van der Waals surface area contributed by atoms with E-state index in [-0.39, 0.29) is 0 Å². The van der Waals surface area contributed by atoms with Crippen LogP contribution < -0.4 is 5.32 Å². The van der Waals surface area contributed by atoms with Crippen LogP contribution in [0.25, 0.3) is 0 Å². The molecule has 0 aliphatic carbocycles. The molecular weight excluding hydrogens is 204 g/mol. The summed E-state index contributed by atoms with van der Waals surface area (Å²) < 4.78 is 0. The maximum absolute atomic E-state index is 4.52. The topological polar surface area (TPSA) is 24.9 Å². The quantitative estimate of drug-likeness (QED) is 0.804. The summed E-state index contributed by atoms with van der Waals surface area (Å²) >= 11 is 1.79. The van der Waals surface area contributed by atoms with Gasteiger partial charge in [0.05, 0.1) is 10.7 Å². The number of unbranched alkanes of at least 4 members (excludes halogenated alkanes) is 1. The standard InChI is InChI=1S/C12H22N2S/c1-5-6-7-9(2)13-8-12-10(3)15-11(4)14-12/h9,13H,5-8H2,1-4H3. The Balaban J connectivity index is 2.33. The maximum Gasteiger partial charge on any atom is 0.0900 e. The van der Waals surface area contributed by atoms with Crippen LogP contribution in [0.5, 0.6) is 0 Å². The Bertz CT molecular complexity index is 294. The molecule has 0 aliphatic heterocycles. The Morgan fingerprint density at radius 2 is 2.13 bits per heavy atom. The first-order chi connectivity index (χ1) is 7.13. The van der Waals surface area contributed by atoms with Gasteiger partial charge in [0.1, 0.15) is 0 Å². The lowest BCUT2D eigenvalue weighted by molar-refractivity contribution is 0.491. The fraction of sp³-hybridized carbons (Fsp3) is 0.750. The number of nitrogens with one attached hydrogen (secondary N) is 1. The number of aromatic nitrogens is 1. The zero-order valence-corrected chi connectivity index (χ0v) is 11.1. The molecule has 1 rings (SSSR count). The van der Waals surface area contributed by atoms with E-state index in [1.54, 1.807) is 11.3 Å². The predicted molar refractivity (Wildman–Crippen MR) is 67.4 cm³/mol. The predicted octanol–water partition coefficient (Wildman–Crippen LogP) is 3.43. The third kappa shape index (κ3) is 4.31. The lowest BCUT2D eigenvalue weighted by Crippen LogP contribution is -2.25. The molecule has 0 amide bonds. The van der Waals surface area contributed by atoms with Crippen LogP contribution in [-0.4, -0.2) is 11.0 Å². The average molecular weight is 226 g/mol. The molecule has 1 aromatic heterocycles. The summed E-state index contributed by atoms with van der Waals surface area (Å²) in [5.41, 5.74) is 1.22. The molecule has 1 N–H and O–H groups in total. The molecular formula is C12H22N2S. The van der Waals surface area contributed by atoms with Crippen LogP contribution >= 0.6 is 11.3 Å². The van der Waals surface area contributed by atoms with Gasteiger partial charge >= 0.3 is 0 Å². The highest BCUT2D eigenvalue weighted by molar-refractivity contribution is 7.11. The molecule has 86 valence electrons. The van der Waals surface area contributed by atoms with Gasteiger partial charge in [0, 0.05) is 17.5 Å². The summed E-state index contributed by atoms with van der Waals surface area (Å²) in [5, 5.41) is 4.70. The van der Waals surface area contributed by atoms with Gasteiger partial charge in [0.25, 0.3) is 0 Å². The van der Waals surface area contributed by atoms with Gasteiger partial charge in [-0.05, 0) is 27.2 Å². The summed E-state index contributed by atoms with van der Waals surface area (Å²) in [6, 6.07) is 0.603. The van der Waals surface area contributed by atoms with E-state index in [1.165, 1.54) is 34.8 Å². The van der Waals surface area contributed by atoms with Crippen molar-refractivity contribution in [3.63, 3.8) is 0 Å². The van der Waals surface area contributed by atoms with Crippen LogP contribution in [0.2, 0.25) is 0 Å². The van der Waals surface area contributed by atoms with E-state index < -0.39 is 0 Å². The van der Waals surface area contributed by atoms with E-state index in [1.807, 2.05) is 0 Å². The number of rotatable bonds is 6. The summed E-state index contributed by atoms with van der Waals surface area (Å²) in [6.45, 7) is 9.63. The lowest BCUT2D eigenvalue weighted by atomic mass is 10.1. The SMILES string of the molecule is CCCCC(C)NCc1nc(C)sc1C. The average Bonchev–Trinajstić information content (AvgIpc) is 2.51. The third-order valence-electron chi connectivity index (χ3n) is 2.61. The number of thiazole rings is 1. The molecule has 0 fully saturated rings. The Morgan fingerprint density at radius 3 is 2.67 bits per heavy atom. The second kappa shape index (κ2) is 6.23. The van der Waals surface area contributed by atoms with E-state index >= 15 is 0 Å². The molecule has 0 spiro atoms. The van der Waals surface area contributed by atoms with Crippen LogP contribution in [0.15, 0.2) is 0 Å². The highest BCUT2D eigenvalue weighted by Gasteiger charge is 2.06. The second-order valence-corrected chi connectivity index (χ2v) is 5.57. The van der Waals surface area contributed by atoms with Crippen molar-refractivity contribution < 1.29 is 0 Å². The van der Waals surface area contributed by atoms with Crippen molar-refractivity contribution in [3.05, 3.63) is 15.6 Å². The van der Waals surface area contributed by atoms with Gasteiger partial charge < -0.3 is 5.32 Å². The molecule has 1 atom stereocenters. The van der Waals surface area contributed by atoms with E-state index in [4.69, 9.17) is 0 Å². The highest BCUT2D eigenvalue weighted by Crippen LogP contribution is 2.16. The number of aryl methyl sites for hydroxylation is 2. The molecule has 3 heteroatoms. The van der Waals surface area contributed by atoms with E-state index in [0.717, 1.165) is 6.54 Å². The first-order valence-corrected chi connectivity index (χ1v) is 6.61. The van der Waals surface area contributed by atoms with Gasteiger partial charge in [-0.15, -0.1) is 11.3 Å². The van der Waals surface area contributed by atoms with Gasteiger partial charge in [0.15, 0.2) is 0 Å². The fourth-order valence-electron chi connectivity index (χ4n) is 1.62. The van der Waals surface area contributed by atoms with E-state index in [2.05, 4.69) is 38.0 Å². The Kier molecular flexibility index (Phi) is 5.26. The van der Waals surface area contributed by atoms with Crippen molar-refractivity contribution in [2.45, 2.75) is 59.5 Å². The zero-order valence-electron chi connectivity index (χ0n) is 10.3. The summed E-state index contributed by atoms with van der Waals surface area (Å²) in [7, 11) is 0. The fourth-order valence-corrected chi connectivity index (χ4v) is 2.45. The first-order valence-electron chi connectivity index (χ1n) is 5.79. The molecule has 1 unspecified atom stereocenters. The Hall–Kier alpha value is -0.410. The van der Waals surface area contributed by atoms with Crippen molar-refractivity contribution in [1.29, 1.82) is 0 Å². The third-order valence-corrected chi connectivity index (χ3v) is 3.54. The zero-order chi connectivity index (χ0) is 11.3. The molecule has 0 aliphatic rings. The normalized spacial score (nSPS) is 13.1. The van der Waals surface area contributed by atoms with Crippen LogP contribution in [0, 0.1) is 13.8 Å². The minimum absolute atomic E-state index is 0.603. The smallest absolute Gasteiger partial charge is 0.0900 e. The highest BCUT2D eigenvalue weighted by atomic mass is 32.1. The molecule has 1 heterocycles. The largest absolute Gasteiger partial charge is 0.309 e. The van der Waals surface area contributed by atoms with Gasteiger partial charge in [-0.2, -0.15) is 0 Å². The van der Waals surface area contributed by atoms with Gasteiger partial charge in [0.2, 0.25) is 0 Å². The maximum atomic E-state index is 4.52. The van der Waals surface area contributed by atoms with Crippen LogP contribution in [0.3, 0.4) is 0 Å². The van der Waals surface area contributed by atoms with Crippen molar-refractivity contribution >= 4 is 11.3 Å². The van der Waals surface area contributed by atoms with Crippen LogP contribution in [0.4, 0.5) is 0 Å². The monoisotopic (exact) mass is 226 g/mol. The van der Waals surface area contributed by atoms with Gasteiger partial charge in [-0.3, -0.25) is 0 Å². The first kappa shape index (κ1) is 12.7. The summed E-state index contributed by atoms with van der Waals surface area (Å²) in [5.74, 6) is 0. The molecule has 0 saturated carbocycles. The molecule has 0 radical (unpaired) electrons. The minimum Gasteiger partial charge on any atom is -0.309 e. The molecule has 2 nitrogen and oxygen atoms in total. The van der Waals surface area contributed by atoms with Crippen molar-refractivity contribution in [3.8, 4) is 0 Å². The number of nitrogens with zero attached hydrogens (tertiary/aromatic N) is 1. The molecule has 0 saturated heterocycles. The van der Waals surface area contributed by atoms with E-state index in [0.29, 0.717) is 6.04 Å². The van der Waals surface area contributed by atoms with Gasteiger partial charge in [-0.25, -0.2) is 4.98 Å². The Labute approximate surface area is 97.1 Å². The molecule has 0 aromatic carbocycles. The number of hydrogen-bond acceptors (Lipinski definition) is 3. The van der Waals surface area contributed by atoms with Crippen LogP contribution in [-0.2, 0) is 6.54 Å². The summed E-state index contributed by atoms with van der Waals surface area (Å²) in [4.78, 5) is 5.87. The van der Waals surface area contributed by atoms with Crippen molar-refractivity contribution in [2.75, 3.05) is 0 Å². The lowest BCUT2D eigenvalue weighted by Gasteiger charge is -2.12. The minimum atomic E-state index is 0.603. The molecule has 15 heavy (non-hydrogen) atoms. The van der Waals surface area contributed by atoms with E-state index in [9.17, 15) is 0 Å². The van der Waals surface area contributed by atoms with Gasteiger partial charge in [-0.1, -0.05) is 19.8 Å². The molecule has 1 aromatic rings. The van der Waals surface area contributed by atoms with Crippen molar-refractivity contribution in [1.82, 2.24) is 10.3 Å². The second-order valence-electron chi connectivity index (χ2n) is 4.16.